The van der Waals surface area contributed by atoms with Gasteiger partial charge in [-0.3, -0.25) is 0 Å². The molecule has 0 radical (unpaired) electrons. The van der Waals surface area contributed by atoms with E-state index in [-0.39, 0.29) is 6.04 Å². The predicted octanol–water partition coefficient (Wildman–Crippen LogP) is 2.20. The minimum absolute atomic E-state index is 0.147. The van der Waals surface area contributed by atoms with Crippen LogP contribution in [0.3, 0.4) is 0 Å². The number of nitrogens with one attached hydrogen (secondary N) is 1. The maximum Gasteiger partial charge on any atom is 0.124 e. The van der Waals surface area contributed by atoms with Crippen LogP contribution in [-0.4, -0.2) is 25.3 Å². The Bertz CT molecular complexity index is 577. The zero-order valence-corrected chi connectivity index (χ0v) is 11.2. The molecule has 0 saturated heterocycles. The molecule has 0 saturated carbocycles. The summed E-state index contributed by atoms with van der Waals surface area (Å²) >= 11 is 0. The third kappa shape index (κ3) is 2.08. The number of aromatic nitrogens is 1. The second kappa shape index (κ2) is 4.97. The highest BCUT2D eigenvalue weighted by Crippen LogP contribution is 2.34. The van der Waals surface area contributed by atoms with Gasteiger partial charge in [-0.1, -0.05) is 0 Å². The fraction of sp³-hybridized carbons (Fsp3) is 0.333. The fourth-order valence-electron chi connectivity index (χ4n) is 2.66. The summed E-state index contributed by atoms with van der Waals surface area (Å²) in [5.41, 5.74) is 2.37. The maximum absolute atomic E-state index is 5.48. The Morgan fingerprint density at radius 3 is 2.89 bits per heavy atom. The lowest BCUT2D eigenvalue weighted by Gasteiger charge is -2.28. The van der Waals surface area contributed by atoms with Gasteiger partial charge in [0.15, 0.2) is 0 Å². The number of hydrogen-bond donors (Lipinski definition) is 1. The Morgan fingerprint density at radius 2 is 2.11 bits per heavy atom. The van der Waals surface area contributed by atoms with Crippen LogP contribution in [0.15, 0.2) is 36.5 Å². The molecule has 3 rings (SSSR count). The highest BCUT2D eigenvalue weighted by molar-refractivity contribution is 5.45. The molecule has 19 heavy (non-hydrogen) atoms. The van der Waals surface area contributed by atoms with Crippen LogP contribution in [0.25, 0.3) is 0 Å². The Hall–Kier alpha value is -1.94. The fourth-order valence-corrected chi connectivity index (χ4v) is 2.66. The second-order valence-electron chi connectivity index (χ2n) is 4.62. The molecule has 0 bridgehead atoms. The van der Waals surface area contributed by atoms with Gasteiger partial charge in [-0.15, -0.1) is 0 Å². The molecule has 100 valence electrons. The van der Waals surface area contributed by atoms with E-state index in [0.717, 1.165) is 30.2 Å². The van der Waals surface area contributed by atoms with Gasteiger partial charge in [-0.05, 0) is 30.3 Å². The van der Waals surface area contributed by atoms with E-state index in [0.29, 0.717) is 0 Å². The molecule has 0 spiro atoms. The van der Waals surface area contributed by atoms with Crippen molar-refractivity contribution < 1.29 is 9.47 Å². The molecule has 1 aromatic heterocycles. The van der Waals surface area contributed by atoms with Crippen LogP contribution in [-0.2, 0) is 6.54 Å². The predicted molar refractivity (Wildman–Crippen MR) is 73.8 cm³/mol. The Labute approximate surface area is 113 Å². The van der Waals surface area contributed by atoms with Gasteiger partial charge in [0.25, 0.3) is 0 Å². The highest BCUT2D eigenvalue weighted by Gasteiger charge is 2.24. The largest absolute Gasteiger partial charge is 0.497 e. The Balaban J connectivity index is 2.07. The minimum atomic E-state index is 0.147. The van der Waals surface area contributed by atoms with E-state index in [1.165, 1.54) is 5.69 Å². The topological polar surface area (TPSA) is 35.4 Å². The van der Waals surface area contributed by atoms with Crippen LogP contribution in [0.5, 0.6) is 11.5 Å². The third-order valence-electron chi connectivity index (χ3n) is 3.61. The molecule has 1 aromatic carbocycles. The molecule has 2 aromatic rings. The first-order valence-corrected chi connectivity index (χ1v) is 6.44. The van der Waals surface area contributed by atoms with Crippen LogP contribution in [0.1, 0.15) is 17.3 Å². The van der Waals surface area contributed by atoms with Crippen molar-refractivity contribution in [3.8, 4) is 11.5 Å². The van der Waals surface area contributed by atoms with Gasteiger partial charge >= 0.3 is 0 Å². The van der Waals surface area contributed by atoms with Crippen molar-refractivity contribution in [3.63, 3.8) is 0 Å². The number of ether oxygens (including phenoxy) is 2. The lowest BCUT2D eigenvalue weighted by molar-refractivity contribution is 0.386. The van der Waals surface area contributed by atoms with Gasteiger partial charge in [0.05, 0.1) is 20.3 Å². The number of rotatable bonds is 3. The zero-order chi connectivity index (χ0) is 13.2. The van der Waals surface area contributed by atoms with Crippen LogP contribution >= 0.6 is 0 Å². The van der Waals surface area contributed by atoms with Crippen molar-refractivity contribution in [2.45, 2.75) is 12.6 Å². The first kappa shape index (κ1) is 12.1. The summed E-state index contributed by atoms with van der Waals surface area (Å²) in [5.74, 6) is 1.73. The number of nitrogens with zero attached hydrogens (tertiary/aromatic N) is 1. The Morgan fingerprint density at radius 1 is 1.21 bits per heavy atom. The molecule has 4 nitrogen and oxygen atoms in total. The van der Waals surface area contributed by atoms with Gasteiger partial charge < -0.3 is 19.4 Å². The smallest absolute Gasteiger partial charge is 0.124 e. The summed E-state index contributed by atoms with van der Waals surface area (Å²) in [6.07, 6.45) is 2.12. The summed E-state index contributed by atoms with van der Waals surface area (Å²) in [7, 11) is 3.38. The quantitative estimate of drug-likeness (QED) is 0.916. The average molecular weight is 258 g/mol. The zero-order valence-electron chi connectivity index (χ0n) is 11.2. The summed E-state index contributed by atoms with van der Waals surface area (Å²) in [6.45, 7) is 1.96. The van der Waals surface area contributed by atoms with Gasteiger partial charge in [-0.2, -0.15) is 0 Å². The highest BCUT2D eigenvalue weighted by atomic mass is 16.5. The molecule has 4 heteroatoms. The van der Waals surface area contributed by atoms with E-state index >= 15 is 0 Å². The maximum atomic E-state index is 5.48. The second-order valence-corrected chi connectivity index (χ2v) is 4.62. The lowest BCUT2D eigenvalue weighted by Crippen LogP contribution is -2.33. The van der Waals surface area contributed by atoms with E-state index in [9.17, 15) is 0 Å². The van der Waals surface area contributed by atoms with E-state index < -0.39 is 0 Å². The molecule has 0 unspecified atom stereocenters. The van der Waals surface area contributed by atoms with Gasteiger partial charge in [0.1, 0.15) is 11.5 Å². The first-order valence-electron chi connectivity index (χ1n) is 6.44. The van der Waals surface area contributed by atoms with Crippen LogP contribution in [0.4, 0.5) is 0 Å². The molecule has 0 amide bonds. The number of benzene rings is 1. The normalized spacial score (nSPS) is 17.9. The van der Waals surface area contributed by atoms with E-state index in [4.69, 9.17) is 9.47 Å². The molecule has 0 aliphatic carbocycles. The van der Waals surface area contributed by atoms with Crippen LogP contribution < -0.4 is 14.8 Å². The molecule has 0 fully saturated rings. The van der Waals surface area contributed by atoms with E-state index in [2.05, 4.69) is 28.2 Å². The summed E-state index contributed by atoms with van der Waals surface area (Å²) in [4.78, 5) is 0. The number of hydrogen-bond acceptors (Lipinski definition) is 3. The van der Waals surface area contributed by atoms with Crippen molar-refractivity contribution in [1.29, 1.82) is 0 Å². The summed E-state index contributed by atoms with van der Waals surface area (Å²) < 4.78 is 13.1. The number of fused-ring (bicyclic) bond motifs is 1. The van der Waals surface area contributed by atoms with Crippen molar-refractivity contribution >= 4 is 0 Å². The van der Waals surface area contributed by atoms with E-state index in [1.54, 1.807) is 14.2 Å². The van der Waals surface area contributed by atoms with Crippen molar-refractivity contribution in [2.75, 3.05) is 20.8 Å². The lowest BCUT2D eigenvalue weighted by atomic mass is 10.0. The molecule has 1 aliphatic heterocycles. The SMILES string of the molecule is COc1ccc(OC)c([C@@H]2NCCn3cccc32)c1. The summed E-state index contributed by atoms with van der Waals surface area (Å²) in [5, 5.41) is 3.55. The van der Waals surface area contributed by atoms with Gasteiger partial charge in [0, 0.05) is 30.5 Å². The molecule has 1 N–H and O–H groups in total. The van der Waals surface area contributed by atoms with Crippen molar-refractivity contribution in [3.05, 3.63) is 47.8 Å². The standard InChI is InChI=1S/C15H18N2O2/c1-18-11-5-6-14(19-2)12(10-11)15-13-4-3-8-17(13)9-7-16-15/h3-6,8,10,15-16H,7,9H2,1-2H3/t15-/m0/s1. The molecule has 1 aliphatic rings. The Kier molecular flexibility index (Phi) is 3.17. The van der Waals surface area contributed by atoms with E-state index in [1.807, 2.05) is 18.2 Å². The van der Waals surface area contributed by atoms with Crippen LogP contribution in [0.2, 0.25) is 0 Å². The van der Waals surface area contributed by atoms with Crippen molar-refractivity contribution in [2.24, 2.45) is 0 Å². The van der Waals surface area contributed by atoms with Gasteiger partial charge in [-0.25, -0.2) is 0 Å². The summed E-state index contributed by atoms with van der Waals surface area (Å²) in [6, 6.07) is 10.3. The monoisotopic (exact) mass is 258 g/mol. The van der Waals surface area contributed by atoms with Gasteiger partial charge in [0.2, 0.25) is 0 Å². The van der Waals surface area contributed by atoms with Crippen molar-refractivity contribution in [1.82, 2.24) is 9.88 Å². The first-order chi connectivity index (χ1) is 9.33. The van der Waals surface area contributed by atoms with Crippen LogP contribution in [0, 0.1) is 0 Å². The third-order valence-corrected chi connectivity index (χ3v) is 3.61. The molecule has 1 atom stereocenters. The molecular weight excluding hydrogens is 240 g/mol. The molecule has 2 heterocycles. The number of methoxy groups -OCH3 is 2. The average Bonchev–Trinajstić information content (AvgIpc) is 2.94. The molecular formula is C15H18N2O2. The minimum Gasteiger partial charge on any atom is -0.497 e.